The molecule has 20 heavy (non-hydrogen) atoms. The molecule has 0 aliphatic heterocycles. The lowest BCUT2D eigenvalue weighted by atomic mass is 10.1. The zero-order chi connectivity index (χ0) is 14.8. The molecule has 0 saturated carbocycles. The van der Waals surface area contributed by atoms with Crippen LogP contribution in [0.15, 0.2) is 27.9 Å². The molecular formula is C12H16N4O3S. The van der Waals surface area contributed by atoms with E-state index in [0.29, 0.717) is 23.6 Å². The summed E-state index contributed by atoms with van der Waals surface area (Å²) >= 11 is 0. The summed E-state index contributed by atoms with van der Waals surface area (Å²) < 4.78 is 31.8. The standard InChI is InChI=1S/C12H16N4O3S/c1-8-5-10(13)6-11(9(8)2)20(17,18)16-4-3-12-14-7-15-19-12/h5-7,16H,3-4,13H2,1-2H3. The van der Waals surface area contributed by atoms with Gasteiger partial charge >= 0.3 is 0 Å². The number of hydrogen-bond donors (Lipinski definition) is 2. The molecule has 0 saturated heterocycles. The Morgan fingerprint density at radius 3 is 2.75 bits per heavy atom. The second-order valence-corrected chi connectivity index (χ2v) is 6.18. The van der Waals surface area contributed by atoms with E-state index in [2.05, 4.69) is 14.9 Å². The van der Waals surface area contributed by atoms with Gasteiger partial charge in [-0.15, -0.1) is 0 Å². The molecule has 8 heteroatoms. The Hall–Kier alpha value is -1.93. The quantitative estimate of drug-likeness (QED) is 0.789. The maximum atomic E-state index is 12.3. The van der Waals surface area contributed by atoms with Gasteiger partial charge in [-0.2, -0.15) is 4.98 Å². The summed E-state index contributed by atoms with van der Waals surface area (Å²) in [4.78, 5) is 4.02. The molecule has 2 aromatic rings. The molecule has 0 aliphatic carbocycles. The van der Waals surface area contributed by atoms with Gasteiger partial charge in [0.05, 0.1) is 4.90 Å². The van der Waals surface area contributed by atoms with E-state index in [1.54, 1.807) is 13.0 Å². The second kappa shape index (κ2) is 5.59. The van der Waals surface area contributed by atoms with Crippen LogP contribution in [0.2, 0.25) is 0 Å². The molecular weight excluding hydrogens is 280 g/mol. The summed E-state index contributed by atoms with van der Waals surface area (Å²) in [6.07, 6.45) is 1.61. The molecule has 108 valence electrons. The van der Waals surface area contributed by atoms with E-state index in [4.69, 9.17) is 10.3 Å². The van der Waals surface area contributed by atoms with Crippen molar-refractivity contribution in [2.24, 2.45) is 0 Å². The minimum absolute atomic E-state index is 0.178. The molecule has 2 rings (SSSR count). The molecule has 3 N–H and O–H groups in total. The molecule has 0 spiro atoms. The zero-order valence-electron chi connectivity index (χ0n) is 11.3. The Bertz CT molecular complexity index is 696. The van der Waals surface area contributed by atoms with Gasteiger partial charge in [0, 0.05) is 18.7 Å². The molecule has 1 aromatic carbocycles. The fourth-order valence-electron chi connectivity index (χ4n) is 1.81. The predicted octanol–water partition coefficient (Wildman–Crippen LogP) is 0.790. The molecule has 0 unspecified atom stereocenters. The third-order valence-electron chi connectivity index (χ3n) is 2.97. The van der Waals surface area contributed by atoms with E-state index in [1.165, 1.54) is 12.4 Å². The summed E-state index contributed by atoms with van der Waals surface area (Å²) in [6, 6.07) is 3.20. The van der Waals surface area contributed by atoms with Crippen molar-refractivity contribution in [2.45, 2.75) is 25.2 Å². The number of aromatic nitrogens is 2. The summed E-state index contributed by atoms with van der Waals surface area (Å²) in [5.74, 6) is 0.383. The van der Waals surface area contributed by atoms with Crippen molar-refractivity contribution in [1.29, 1.82) is 0 Å². The molecule has 0 bridgehead atoms. The highest BCUT2D eigenvalue weighted by Crippen LogP contribution is 2.22. The van der Waals surface area contributed by atoms with Gasteiger partial charge in [0.15, 0.2) is 6.33 Å². The average molecular weight is 296 g/mol. The first-order valence-corrected chi connectivity index (χ1v) is 7.50. The summed E-state index contributed by atoms with van der Waals surface area (Å²) in [5.41, 5.74) is 7.65. The van der Waals surface area contributed by atoms with E-state index in [1.807, 2.05) is 6.92 Å². The lowest BCUT2D eigenvalue weighted by Gasteiger charge is -2.11. The lowest BCUT2D eigenvalue weighted by molar-refractivity contribution is 0.377. The Balaban J connectivity index is 2.14. The van der Waals surface area contributed by atoms with Gasteiger partial charge in [0.1, 0.15) is 0 Å². The average Bonchev–Trinajstić information content (AvgIpc) is 2.86. The van der Waals surface area contributed by atoms with Crippen LogP contribution in [0.5, 0.6) is 0 Å². The minimum atomic E-state index is -3.61. The highest BCUT2D eigenvalue weighted by molar-refractivity contribution is 7.89. The van der Waals surface area contributed by atoms with Crippen molar-refractivity contribution < 1.29 is 12.9 Å². The Kier molecular flexibility index (Phi) is 4.05. The van der Waals surface area contributed by atoms with E-state index in [-0.39, 0.29) is 11.4 Å². The highest BCUT2D eigenvalue weighted by atomic mass is 32.2. The van der Waals surface area contributed by atoms with Crippen molar-refractivity contribution in [2.75, 3.05) is 12.3 Å². The third kappa shape index (κ3) is 3.14. The number of rotatable bonds is 5. The molecule has 1 aromatic heterocycles. The second-order valence-electron chi connectivity index (χ2n) is 4.44. The van der Waals surface area contributed by atoms with Gasteiger partial charge < -0.3 is 10.3 Å². The maximum Gasteiger partial charge on any atom is 0.240 e. The molecule has 0 amide bonds. The third-order valence-corrected chi connectivity index (χ3v) is 4.56. The number of sulfonamides is 1. The first-order chi connectivity index (χ1) is 9.40. The minimum Gasteiger partial charge on any atom is -0.399 e. The maximum absolute atomic E-state index is 12.3. The highest BCUT2D eigenvalue weighted by Gasteiger charge is 2.18. The van der Waals surface area contributed by atoms with Crippen LogP contribution >= 0.6 is 0 Å². The number of nitrogen functional groups attached to an aromatic ring is 1. The normalized spacial score (nSPS) is 11.7. The Morgan fingerprint density at radius 2 is 2.10 bits per heavy atom. The van der Waals surface area contributed by atoms with Crippen LogP contribution in [0.25, 0.3) is 0 Å². The number of benzene rings is 1. The van der Waals surface area contributed by atoms with Crippen LogP contribution in [0, 0.1) is 13.8 Å². The van der Waals surface area contributed by atoms with Gasteiger partial charge in [-0.3, -0.25) is 0 Å². The first kappa shape index (κ1) is 14.5. The molecule has 1 heterocycles. The molecule has 7 nitrogen and oxygen atoms in total. The van der Waals surface area contributed by atoms with Crippen LogP contribution in [0.3, 0.4) is 0 Å². The Labute approximate surface area is 117 Å². The number of anilines is 1. The predicted molar refractivity (Wildman–Crippen MR) is 73.5 cm³/mol. The zero-order valence-corrected chi connectivity index (χ0v) is 12.1. The number of nitrogens with one attached hydrogen (secondary N) is 1. The van der Waals surface area contributed by atoms with Crippen molar-refractivity contribution in [3.05, 3.63) is 35.5 Å². The van der Waals surface area contributed by atoms with Crippen LogP contribution in [0.4, 0.5) is 5.69 Å². The first-order valence-electron chi connectivity index (χ1n) is 6.02. The van der Waals surface area contributed by atoms with Gasteiger partial charge in [-0.1, -0.05) is 5.16 Å². The molecule has 0 fully saturated rings. The molecule has 0 radical (unpaired) electrons. The van der Waals surface area contributed by atoms with Crippen LogP contribution in [-0.2, 0) is 16.4 Å². The fraction of sp³-hybridized carbons (Fsp3) is 0.333. The summed E-state index contributed by atoms with van der Waals surface area (Å²) in [7, 11) is -3.61. The Morgan fingerprint density at radius 1 is 1.35 bits per heavy atom. The van der Waals surface area contributed by atoms with Gasteiger partial charge in [-0.05, 0) is 37.1 Å². The van der Waals surface area contributed by atoms with Crippen LogP contribution in [0.1, 0.15) is 17.0 Å². The van der Waals surface area contributed by atoms with Crippen molar-refractivity contribution >= 4 is 15.7 Å². The van der Waals surface area contributed by atoms with E-state index in [9.17, 15) is 8.42 Å². The topological polar surface area (TPSA) is 111 Å². The lowest BCUT2D eigenvalue weighted by Crippen LogP contribution is -2.27. The van der Waals surface area contributed by atoms with Gasteiger partial charge in [0.2, 0.25) is 15.9 Å². The number of hydrogen-bond acceptors (Lipinski definition) is 6. The van der Waals surface area contributed by atoms with Crippen molar-refractivity contribution in [3.63, 3.8) is 0 Å². The van der Waals surface area contributed by atoms with Gasteiger partial charge in [0.25, 0.3) is 0 Å². The number of nitrogens with zero attached hydrogens (tertiary/aromatic N) is 2. The number of nitrogens with two attached hydrogens (primary N) is 1. The summed E-state index contributed by atoms with van der Waals surface area (Å²) in [5, 5.41) is 3.45. The van der Waals surface area contributed by atoms with Crippen molar-refractivity contribution in [1.82, 2.24) is 14.9 Å². The van der Waals surface area contributed by atoms with E-state index in [0.717, 1.165) is 5.56 Å². The number of aryl methyl sites for hydroxylation is 1. The smallest absolute Gasteiger partial charge is 0.240 e. The monoisotopic (exact) mass is 296 g/mol. The largest absolute Gasteiger partial charge is 0.399 e. The molecule has 0 aliphatic rings. The fourth-order valence-corrected chi connectivity index (χ4v) is 3.19. The molecule has 0 atom stereocenters. The van der Waals surface area contributed by atoms with E-state index >= 15 is 0 Å². The van der Waals surface area contributed by atoms with Crippen LogP contribution in [-0.4, -0.2) is 25.1 Å². The SMILES string of the molecule is Cc1cc(N)cc(S(=O)(=O)NCCc2ncno2)c1C. The van der Waals surface area contributed by atoms with Crippen molar-refractivity contribution in [3.8, 4) is 0 Å². The van der Waals surface area contributed by atoms with Crippen LogP contribution < -0.4 is 10.5 Å². The summed E-state index contributed by atoms with van der Waals surface area (Å²) in [6.45, 7) is 3.75. The van der Waals surface area contributed by atoms with E-state index < -0.39 is 10.0 Å². The van der Waals surface area contributed by atoms with Gasteiger partial charge in [-0.25, -0.2) is 13.1 Å².